The van der Waals surface area contributed by atoms with Crippen molar-refractivity contribution in [1.82, 2.24) is 4.90 Å². The molecule has 2 fully saturated rings. The number of rotatable bonds is 5. The summed E-state index contributed by atoms with van der Waals surface area (Å²) < 4.78 is 28.9. The smallest absolute Gasteiger partial charge is 0.327 e. The molecular weight excluding hydrogens is 366 g/mol. The zero-order valence-electron chi connectivity index (χ0n) is 14.0. The second-order valence-electron chi connectivity index (χ2n) is 6.76. The second kappa shape index (κ2) is 6.00. The highest BCUT2D eigenvalue weighted by atomic mass is 32.2. The van der Waals surface area contributed by atoms with Crippen molar-refractivity contribution in [1.29, 1.82) is 0 Å². The first-order chi connectivity index (χ1) is 11.5. The van der Waals surface area contributed by atoms with Crippen LogP contribution in [0.4, 0.5) is 0 Å². The number of carbonyl (C=O) groups is 2. The van der Waals surface area contributed by atoms with Gasteiger partial charge < -0.3 is 10.0 Å². The van der Waals surface area contributed by atoms with Gasteiger partial charge in [-0.1, -0.05) is 17.7 Å². The summed E-state index contributed by atoms with van der Waals surface area (Å²) in [5, 5.41) is 8.99. The second-order valence-corrected chi connectivity index (χ2v) is 10.1. The minimum Gasteiger partial charge on any atom is -0.480 e. The zero-order valence-corrected chi connectivity index (χ0v) is 15.6. The molecule has 0 radical (unpaired) electrons. The van der Waals surface area contributed by atoms with Crippen LogP contribution >= 0.6 is 11.8 Å². The van der Waals surface area contributed by atoms with Crippen molar-refractivity contribution in [2.24, 2.45) is 5.92 Å². The van der Waals surface area contributed by atoms with E-state index in [9.17, 15) is 23.1 Å². The van der Waals surface area contributed by atoms with E-state index in [1.807, 2.05) is 6.92 Å². The predicted octanol–water partition coefficient (Wildman–Crippen LogP) is 1.46. The van der Waals surface area contributed by atoms with Crippen LogP contribution in [0.2, 0.25) is 0 Å². The van der Waals surface area contributed by atoms with Crippen LogP contribution in [0.3, 0.4) is 0 Å². The zero-order chi connectivity index (χ0) is 18.6. The van der Waals surface area contributed by atoms with E-state index < -0.39 is 32.8 Å². The quantitative estimate of drug-likeness (QED) is 0.605. The number of nitrogens with zero attached hydrogens (tertiary/aromatic N) is 1. The Morgan fingerprint density at radius 3 is 2.48 bits per heavy atom. The number of aliphatic carboxylic acids is 1. The number of hydrogen-bond donors (Lipinski definition) is 1. The molecular formula is C16H19NO6S2. The van der Waals surface area contributed by atoms with Gasteiger partial charge in [0.15, 0.2) is 0 Å². The van der Waals surface area contributed by atoms with E-state index in [1.165, 1.54) is 28.8 Å². The first-order valence-electron chi connectivity index (χ1n) is 7.73. The summed E-state index contributed by atoms with van der Waals surface area (Å²) in [6.07, 6.45) is 0. The molecule has 1 amide bonds. The number of carbonyl (C=O) groups excluding carboxylic acids is 1. The molecule has 0 aromatic heterocycles. The number of benzene rings is 1. The van der Waals surface area contributed by atoms with Gasteiger partial charge in [0.1, 0.15) is 6.04 Å². The Hall–Kier alpha value is -1.58. The van der Waals surface area contributed by atoms with Crippen LogP contribution in [0.15, 0.2) is 29.2 Å². The van der Waals surface area contributed by atoms with Crippen molar-refractivity contribution < 1.29 is 27.3 Å². The van der Waals surface area contributed by atoms with E-state index in [0.717, 1.165) is 5.56 Å². The SMILES string of the molecule is Cc1ccc(S(=O)(=O)OC[C@@H]2C(=O)N3[C@@H]2SC(C)(C)[C@@H]3C(=O)O)cc1. The summed E-state index contributed by atoms with van der Waals surface area (Å²) in [5.41, 5.74) is 0.924. The maximum atomic E-state index is 12.3. The van der Waals surface area contributed by atoms with Crippen molar-refractivity contribution in [2.75, 3.05) is 6.61 Å². The highest BCUT2D eigenvalue weighted by Gasteiger charge is 2.63. The molecule has 0 saturated carbocycles. The fraction of sp³-hybridized carbons (Fsp3) is 0.500. The molecule has 1 N–H and O–H groups in total. The predicted molar refractivity (Wildman–Crippen MR) is 91.5 cm³/mol. The number of carboxylic acid groups (broad SMARTS) is 1. The molecule has 0 aliphatic carbocycles. The molecule has 25 heavy (non-hydrogen) atoms. The van der Waals surface area contributed by atoms with E-state index in [-0.39, 0.29) is 22.8 Å². The maximum Gasteiger partial charge on any atom is 0.327 e. The standard InChI is InChI=1S/C16H19NO6S2/c1-9-4-6-10(7-5-9)25(21,22)23-8-11-13(18)17-12(15(19)20)16(2,3)24-14(11)17/h4-7,11-12,14H,8H2,1-3H3,(H,19,20)/t11-,12+,14-/m1/s1. The van der Waals surface area contributed by atoms with Gasteiger partial charge in [0.05, 0.1) is 22.8 Å². The molecule has 2 heterocycles. The van der Waals surface area contributed by atoms with Crippen LogP contribution < -0.4 is 0 Å². The number of fused-ring (bicyclic) bond motifs is 1. The van der Waals surface area contributed by atoms with Crippen molar-refractivity contribution in [3.05, 3.63) is 29.8 Å². The Bertz CT molecular complexity index is 818. The van der Waals surface area contributed by atoms with Gasteiger partial charge in [-0.2, -0.15) is 8.42 Å². The van der Waals surface area contributed by atoms with Crippen molar-refractivity contribution in [3.8, 4) is 0 Å². The van der Waals surface area contributed by atoms with Crippen LogP contribution in [-0.2, 0) is 23.9 Å². The van der Waals surface area contributed by atoms with Gasteiger partial charge in [0, 0.05) is 4.75 Å². The summed E-state index contributed by atoms with van der Waals surface area (Å²) in [5.74, 6) is -2.09. The van der Waals surface area contributed by atoms with E-state index in [2.05, 4.69) is 0 Å². The summed E-state index contributed by atoms with van der Waals surface area (Å²) in [7, 11) is -3.96. The average Bonchev–Trinajstić information content (AvgIpc) is 2.76. The molecule has 0 spiro atoms. The highest BCUT2D eigenvalue weighted by Crippen LogP contribution is 2.53. The first kappa shape index (κ1) is 18.2. The summed E-state index contributed by atoms with van der Waals surface area (Å²) in [6.45, 7) is 5.09. The van der Waals surface area contributed by atoms with Crippen LogP contribution in [0.25, 0.3) is 0 Å². The van der Waals surface area contributed by atoms with Crippen LogP contribution in [0.5, 0.6) is 0 Å². The number of aryl methyl sites for hydroxylation is 1. The third-order valence-corrected chi connectivity index (χ3v) is 7.42. The largest absolute Gasteiger partial charge is 0.480 e. The Morgan fingerprint density at radius 2 is 1.92 bits per heavy atom. The molecule has 2 aliphatic rings. The summed E-state index contributed by atoms with van der Waals surface area (Å²) in [4.78, 5) is 25.1. The van der Waals surface area contributed by atoms with Crippen LogP contribution in [-0.4, -0.2) is 53.1 Å². The first-order valence-corrected chi connectivity index (χ1v) is 10.0. The molecule has 1 aromatic rings. The third-order valence-electron chi connectivity index (χ3n) is 4.50. The molecule has 3 rings (SSSR count). The van der Waals surface area contributed by atoms with Gasteiger partial charge in [-0.25, -0.2) is 4.79 Å². The minimum absolute atomic E-state index is 0.0320. The molecule has 136 valence electrons. The van der Waals surface area contributed by atoms with Gasteiger partial charge in [-0.05, 0) is 32.9 Å². The number of carboxylic acids is 1. The minimum atomic E-state index is -3.96. The van der Waals surface area contributed by atoms with Gasteiger partial charge in [0.25, 0.3) is 10.1 Å². The molecule has 0 bridgehead atoms. The Balaban J connectivity index is 1.71. The van der Waals surface area contributed by atoms with Gasteiger partial charge in [-0.3, -0.25) is 8.98 Å². The number of thioether (sulfide) groups is 1. The molecule has 9 heteroatoms. The Labute approximate surface area is 150 Å². The van der Waals surface area contributed by atoms with Gasteiger partial charge in [0.2, 0.25) is 5.91 Å². The molecule has 2 aliphatic heterocycles. The topological polar surface area (TPSA) is 101 Å². The monoisotopic (exact) mass is 385 g/mol. The molecule has 3 atom stereocenters. The molecule has 2 saturated heterocycles. The lowest BCUT2D eigenvalue weighted by molar-refractivity contribution is -0.164. The lowest BCUT2D eigenvalue weighted by Crippen LogP contribution is -2.63. The van der Waals surface area contributed by atoms with E-state index in [1.54, 1.807) is 26.0 Å². The van der Waals surface area contributed by atoms with E-state index in [4.69, 9.17) is 4.18 Å². The molecule has 0 unspecified atom stereocenters. The lowest BCUT2D eigenvalue weighted by atomic mass is 9.92. The Kier molecular flexibility index (Phi) is 4.37. The number of β-lactam (4-membered cyclic amide) rings is 1. The summed E-state index contributed by atoms with van der Waals surface area (Å²) in [6, 6.07) is 5.32. The van der Waals surface area contributed by atoms with Crippen molar-refractivity contribution >= 4 is 33.8 Å². The van der Waals surface area contributed by atoms with E-state index in [0.29, 0.717) is 0 Å². The molecule has 7 nitrogen and oxygen atoms in total. The Morgan fingerprint density at radius 1 is 1.32 bits per heavy atom. The molecule has 1 aromatic carbocycles. The fourth-order valence-electron chi connectivity index (χ4n) is 3.18. The van der Waals surface area contributed by atoms with Gasteiger partial charge in [-0.15, -0.1) is 11.8 Å². The fourth-order valence-corrected chi connectivity index (χ4v) is 5.78. The normalized spacial score (nSPS) is 27.7. The number of hydrogen-bond acceptors (Lipinski definition) is 6. The van der Waals surface area contributed by atoms with Gasteiger partial charge >= 0.3 is 5.97 Å². The van der Waals surface area contributed by atoms with Crippen LogP contribution in [0.1, 0.15) is 19.4 Å². The lowest BCUT2D eigenvalue weighted by Gasteiger charge is -2.43. The maximum absolute atomic E-state index is 12.3. The number of amides is 1. The average molecular weight is 385 g/mol. The summed E-state index contributed by atoms with van der Waals surface area (Å²) >= 11 is 1.36. The third kappa shape index (κ3) is 3.04. The van der Waals surface area contributed by atoms with Crippen LogP contribution in [0, 0.1) is 12.8 Å². The van der Waals surface area contributed by atoms with Crippen molar-refractivity contribution in [3.63, 3.8) is 0 Å². The highest BCUT2D eigenvalue weighted by molar-refractivity contribution is 8.01. The van der Waals surface area contributed by atoms with Crippen molar-refractivity contribution in [2.45, 2.75) is 41.8 Å². The van der Waals surface area contributed by atoms with E-state index >= 15 is 0 Å².